The van der Waals surface area contributed by atoms with Gasteiger partial charge < -0.3 is 13.9 Å². The van der Waals surface area contributed by atoms with E-state index in [0.29, 0.717) is 40.2 Å². The van der Waals surface area contributed by atoms with Crippen molar-refractivity contribution in [3.8, 4) is 11.5 Å². The highest BCUT2D eigenvalue weighted by Gasteiger charge is 2.12. The van der Waals surface area contributed by atoms with E-state index in [1.807, 2.05) is 30.3 Å². The van der Waals surface area contributed by atoms with Gasteiger partial charge in [0.15, 0.2) is 11.5 Å². The standard InChI is InChI=1S/C22H21ClN2O4/c1-14-10-19(15(2)29-14)22(26)25-24-12-17-6-9-20(21(11-17)27-3)28-13-16-4-7-18(23)8-5-16/h4-12H,13H2,1-3H3,(H,25,26)/b24-12-. The molecule has 1 aromatic heterocycles. The van der Waals surface area contributed by atoms with Crippen LogP contribution in [-0.2, 0) is 6.61 Å². The van der Waals surface area contributed by atoms with Gasteiger partial charge in [-0.25, -0.2) is 5.43 Å². The van der Waals surface area contributed by atoms with Crippen molar-refractivity contribution in [3.05, 3.63) is 81.8 Å². The Labute approximate surface area is 174 Å². The highest BCUT2D eigenvalue weighted by atomic mass is 35.5. The lowest BCUT2D eigenvalue weighted by Crippen LogP contribution is -2.17. The fourth-order valence-corrected chi connectivity index (χ4v) is 2.83. The van der Waals surface area contributed by atoms with Gasteiger partial charge in [-0.05, 0) is 61.4 Å². The van der Waals surface area contributed by atoms with E-state index in [2.05, 4.69) is 10.5 Å². The number of rotatable bonds is 7. The number of hydrogen-bond donors (Lipinski definition) is 1. The third-order valence-corrected chi connectivity index (χ3v) is 4.41. The van der Waals surface area contributed by atoms with Crippen LogP contribution in [0.2, 0.25) is 5.02 Å². The van der Waals surface area contributed by atoms with Crippen molar-refractivity contribution in [1.29, 1.82) is 0 Å². The first-order chi connectivity index (χ1) is 14.0. The minimum Gasteiger partial charge on any atom is -0.493 e. The Kier molecular flexibility index (Phi) is 6.57. The molecular formula is C22H21ClN2O4. The van der Waals surface area contributed by atoms with Gasteiger partial charge in [-0.3, -0.25) is 4.79 Å². The van der Waals surface area contributed by atoms with E-state index < -0.39 is 0 Å². The van der Waals surface area contributed by atoms with Crippen molar-refractivity contribution in [2.45, 2.75) is 20.5 Å². The van der Waals surface area contributed by atoms with Crippen LogP contribution in [0.5, 0.6) is 11.5 Å². The minimum absolute atomic E-state index is 0.328. The number of amides is 1. The molecule has 150 valence electrons. The molecule has 0 spiro atoms. The van der Waals surface area contributed by atoms with Crippen LogP contribution in [0.15, 0.2) is 58.0 Å². The Morgan fingerprint density at radius 3 is 2.55 bits per heavy atom. The number of methoxy groups -OCH3 is 1. The van der Waals surface area contributed by atoms with Crippen LogP contribution in [0.1, 0.15) is 33.0 Å². The summed E-state index contributed by atoms with van der Waals surface area (Å²) in [7, 11) is 1.57. The van der Waals surface area contributed by atoms with Crippen LogP contribution in [0.4, 0.5) is 0 Å². The van der Waals surface area contributed by atoms with Crippen molar-refractivity contribution in [1.82, 2.24) is 5.43 Å². The van der Waals surface area contributed by atoms with Crippen molar-refractivity contribution in [2.75, 3.05) is 7.11 Å². The first-order valence-electron chi connectivity index (χ1n) is 8.92. The first-order valence-corrected chi connectivity index (χ1v) is 9.30. The number of nitrogens with one attached hydrogen (secondary N) is 1. The summed E-state index contributed by atoms with van der Waals surface area (Å²) < 4.78 is 16.6. The van der Waals surface area contributed by atoms with Crippen molar-refractivity contribution >= 4 is 23.7 Å². The number of nitrogens with zero attached hydrogens (tertiary/aromatic N) is 1. The lowest BCUT2D eigenvalue weighted by Gasteiger charge is -2.11. The number of ether oxygens (including phenoxy) is 2. The fourth-order valence-electron chi connectivity index (χ4n) is 2.71. The first kappa shape index (κ1) is 20.5. The normalized spacial score (nSPS) is 10.9. The average Bonchev–Trinajstić information content (AvgIpc) is 3.06. The van der Waals surface area contributed by atoms with E-state index in [-0.39, 0.29) is 5.91 Å². The highest BCUT2D eigenvalue weighted by molar-refractivity contribution is 6.30. The van der Waals surface area contributed by atoms with E-state index in [1.54, 1.807) is 39.2 Å². The second kappa shape index (κ2) is 9.30. The van der Waals surface area contributed by atoms with Crippen LogP contribution in [0.3, 0.4) is 0 Å². The molecule has 0 aliphatic carbocycles. The molecule has 0 fully saturated rings. The van der Waals surface area contributed by atoms with Gasteiger partial charge in [0, 0.05) is 5.02 Å². The molecule has 0 saturated heterocycles. The van der Waals surface area contributed by atoms with E-state index in [1.165, 1.54) is 6.21 Å². The summed E-state index contributed by atoms with van der Waals surface area (Å²) in [6.07, 6.45) is 1.53. The molecule has 3 rings (SSSR count). The molecule has 0 aliphatic rings. The number of benzene rings is 2. The zero-order valence-electron chi connectivity index (χ0n) is 16.4. The SMILES string of the molecule is COc1cc(/C=N\NC(=O)c2cc(C)oc2C)ccc1OCc1ccc(Cl)cc1. The number of carbonyl (C=O) groups excluding carboxylic acids is 1. The van der Waals surface area contributed by atoms with Gasteiger partial charge in [-0.2, -0.15) is 5.10 Å². The van der Waals surface area contributed by atoms with Gasteiger partial charge in [0.25, 0.3) is 5.91 Å². The molecular weight excluding hydrogens is 392 g/mol. The lowest BCUT2D eigenvalue weighted by molar-refractivity contribution is 0.0953. The Hall–Kier alpha value is -3.25. The number of hydrazone groups is 1. The van der Waals surface area contributed by atoms with Gasteiger partial charge in [0.2, 0.25) is 0 Å². The number of aryl methyl sites for hydroxylation is 2. The summed E-state index contributed by atoms with van der Waals surface area (Å²) in [6.45, 7) is 3.91. The summed E-state index contributed by atoms with van der Waals surface area (Å²) in [5, 5.41) is 4.68. The van der Waals surface area contributed by atoms with Crippen LogP contribution in [0, 0.1) is 13.8 Å². The molecule has 1 N–H and O–H groups in total. The molecule has 0 saturated carbocycles. The molecule has 0 unspecified atom stereocenters. The quantitative estimate of drug-likeness (QED) is 0.442. The number of hydrogen-bond acceptors (Lipinski definition) is 5. The number of halogens is 1. The van der Waals surface area contributed by atoms with Gasteiger partial charge in [-0.15, -0.1) is 0 Å². The van der Waals surface area contributed by atoms with Crippen molar-refractivity contribution in [2.24, 2.45) is 5.10 Å². The van der Waals surface area contributed by atoms with Gasteiger partial charge in [0.1, 0.15) is 18.1 Å². The van der Waals surface area contributed by atoms with E-state index >= 15 is 0 Å². The molecule has 0 atom stereocenters. The third-order valence-electron chi connectivity index (χ3n) is 4.16. The number of carbonyl (C=O) groups is 1. The molecule has 0 radical (unpaired) electrons. The molecule has 0 aliphatic heterocycles. The zero-order valence-corrected chi connectivity index (χ0v) is 17.1. The maximum absolute atomic E-state index is 12.1. The Balaban J connectivity index is 1.63. The van der Waals surface area contributed by atoms with Crippen LogP contribution in [-0.4, -0.2) is 19.2 Å². The van der Waals surface area contributed by atoms with Crippen molar-refractivity contribution in [3.63, 3.8) is 0 Å². The summed E-state index contributed by atoms with van der Waals surface area (Å²) in [5.74, 6) is 2.07. The Morgan fingerprint density at radius 1 is 1.14 bits per heavy atom. The van der Waals surface area contributed by atoms with Gasteiger partial charge >= 0.3 is 0 Å². The third kappa shape index (κ3) is 5.39. The Bertz CT molecular complexity index is 1030. The Morgan fingerprint density at radius 2 is 1.90 bits per heavy atom. The molecule has 1 amide bonds. The van der Waals surface area contributed by atoms with E-state index in [0.717, 1.165) is 11.1 Å². The molecule has 2 aromatic carbocycles. The molecule has 3 aromatic rings. The van der Waals surface area contributed by atoms with E-state index in [9.17, 15) is 4.79 Å². The average molecular weight is 413 g/mol. The van der Waals surface area contributed by atoms with Gasteiger partial charge in [0.05, 0.1) is 18.9 Å². The van der Waals surface area contributed by atoms with Crippen molar-refractivity contribution < 1.29 is 18.7 Å². The highest BCUT2D eigenvalue weighted by Crippen LogP contribution is 2.28. The predicted molar refractivity (Wildman–Crippen MR) is 112 cm³/mol. The molecule has 1 heterocycles. The van der Waals surface area contributed by atoms with Gasteiger partial charge in [-0.1, -0.05) is 23.7 Å². The topological polar surface area (TPSA) is 73.1 Å². The largest absolute Gasteiger partial charge is 0.493 e. The van der Waals surface area contributed by atoms with Crippen LogP contribution >= 0.6 is 11.6 Å². The zero-order chi connectivity index (χ0) is 20.8. The minimum atomic E-state index is -0.328. The summed E-state index contributed by atoms with van der Waals surface area (Å²) in [4.78, 5) is 12.1. The number of furan rings is 1. The predicted octanol–water partition coefficient (Wildman–Crippen LogP) is 4.90. The maximum atomic E-state index is 12.1. The summed E-state index contributed by atoms with van der Waals surface area (Å²) >= 11 is 5.89. The lowest BCUT2D eigenvalue weighted by atomic mass is 10.2. The second-order valence-electron chi connectivity index (χ2n) is 6.35. The van der Waals surface area contributed by atoms with Crippen LogP contribution in [0.25, 0.3) is 0 Å². The summed E-state index contributed by atoms with van der Waals surface area (Å²) in [6, 6.07) is 14.5. The maximum Gasteiger partial charge on any atom is 0.274 e. The molecule has 7 heteroatoms. The molecule has 0 bridgehead atoms. The summed E-state index contributed by atoms with van der Waals surface area (Å²) in [5.41, 5.74) is 4.70. The molecule has 29 heavy (non-hydrogen) atoms. The second-order valence-corrected chi connectivity index (χ2v) is 6.79. The monoisotopic (exact) mass is 412 g/mol. The van der Waals surface area contributed by atoms with E-state index in [4.69, 9.17) is 25.5 Å². The smallest absolute Gasteiger partial charge is 0.274 e. The van der Waals surface area contributed by atoms with Crippen LogP contribution < -0.4 is 14.9 Å². The fraction of sp³-hybridized carbons (Fsp3) is 0.182. The molecule has 6 nitrogen and oxygen atoms in total.